The van der Waals surface area contributed by atoms with Crippen molar-refractivity contribution in [3.8, 4) is 0 Å². The van der Waals surface area contributed by atoms with Crippen LogP contribution in [0.3, 0.4) is 0 Å². The molecule has 2 rings (SSSR count). The van der Waals surface area contributed by atoms with E-state index in [1.165, 1.54) is 17.2 Å². The number of hydrogen-bond acceptors (Lipinski definition) is 4. The summed E-state index contributed by atoms with van der Waals surface area (Å²) in [5.41, 5.74) is 1.42. The third-order valence-electron chi connectivity index (χ3n) is 2.80. The Bertz CT molecular complexity index is 583. The van der Waals surface area contributed by atoms with Crippen molar-refractivity contribution in [2.45, 2.75) is 13.0 Å². The zero-order chi connectivity index (χ0) is 14.5. The molecule has 1 aliphatic heterocycles. The number of carboxylic acids is 1. The summed E-state index contributed by atoms with van der Waals surface area (Å²) in [6.07, 6.45) is 4.97. The van der Waals surface area contributed by atoms with E-state index in [-0.39, 0.29) is 12.5 Å². The van der Waals surface area contributed by atoms with E-state index in [0.717, 1.165) is 17.9 Å². The second-order valence-corrected chi connectivity index (χ2v) is 4.26. The Morgan fingerprint density at radius 2 is 2.35 bits per heavy atom. The molecule has 0 spiro atoms. The molecule has 2 heterocycles. The number of nitrogens with one attached hydrogen (secondary N) is 1. The monoisotopic (exact) mass is 275 g/mol. The third-order valence-corrected chi connectivity index (χ3v) is 2.80. The molecule has 0 saturated carbocycles. The molecule has 2 amide bonds. The van der Waals surface area contributed by atoms with Crippen molar-refractivity contribution in [3.63, 3.8) is 0 Å². The second kappa shape index (κ2) is 5.96. The molecule has 2 N–H and O–H groups in total. The van der Waals surface area contributed by atoms with Crippen LogP contribution in [0.25, 0.3) is 6.08 Å². The minimum atomic E-state index is -1.04. The van der Waals surface area contributed by atoms with Gasteiger partial charge in [-0.05, 0) is 17.7 Å². The Morgan fingerprint density at radius 1 is 1.55 bits per heavy atom. The summed E-state index contributed by atoms with van der Waals surface area (Å²) in [5.74, 6) is -0.575. The maximum atomic E-state index is 11.7. The fourth-order valence-corrected chi connectivity index (χ4v) is 1.87. The largest absolute Gasteiger partial charge is 0.478 e. The van der Waals surface area contributed by atoms with Crippen LogP contribution in [-0.2, 0) is 16.1 Å². The Balaban J connectivity index is 2.19. The number of hydrogen-bond donors (Lipinski definition) is 2. The predicted molar refractivity (Wildman–Crippen MR) is 71.0 cm³/mol. The van der Waals surface area contributed by atoms with Gasteiger partial charge in [-0.2, -0.15) is 0 Å². The fraction of sp³-hybridized carbons (Fsp3) is 0.231. The van der Waals surface area contributed by atoms with Crippen molar-refractivity contribution in [2.75, 3.05) is 11.9 Å². The van der Waals surface area contributed by atoms with Crippen LogP contribution in [0.15, 0.2) is 18.3 Å². The quantitative estimate of drug-likeness (QED) is 0.619. The summed E-state index contributed by atoms with van der Waals surface area (Å²) in [7, 11) is 0. The van der Waals surface area contributed by atoms with Crippen molar-refractivity contribution in [2.24, 2.45) is 0 Å². The highest BCUT2D eigenvalue weighted by Crippen LogP contribution is 2.22. The molecule has 7 nitrogen and oxygen atoms in total. The molecule has 0 unspecified atom stereocenters. The van der Waals surface area contributed by atoms with Crippen LogP contribution >= 0.6 is 0 Å². The van der Waals surface area contributed by atoms with E-state index >= 15 is 0 Å². The normalized spacial score (nSPS) is 14.0. The first-order valence-electron chi connectivity index (χ1n) is 5.99. The zero-order valence-electron chi connectivity index (χ0n) is 10.6. The number of aldehydes is 1. The summed E-state index contributed by atoms with van der Waals surface area (Å²) >= 11 is 0. The van der Waals surface area contributed by atoms with E-state index in [4.69, 9.17) is 5.11 Å². The maximum absolute atomic E-state index is 11.7. The van der Waals surface area contributed by atoms with Gasteiger partial charge in [0.15, 0.2) is 0 Å². The number of carboxylic acid groups (broad SMARTS) is 1. The van der Waals surface area contributed by atoms with Crippen molar-refractivity contribution < 1.29 is 19.5 Å². The first-order valence-corrected chi connectivity index (χ1v) is 5.99. The number of nitrogens with zero attached hydrogens (tertiary/aromatic N) is 2. The summed E-state index contributed by atoms with van der Waals surface area (Å²) < 4.78 is 0. The van der Waals surface area contributed by atoms with E-state index in [2.05, 4.69) is 10.3 Å². The van der Waals surface area contributed by atoms with E-state index in [1.54, 1.807) is 6.07 Å². The molecule has 0 saturated heterocycles. The first kappa shape index (κ1) is 13.7. The SMILES string of the molecule is O=CCCN1Cc2cc(/C=C/C(=O)O)cnc2NC1=O. The molecule has 1 aromatic heterocycles. The maximum Gasteiger partial charge on any atom is 0.328 e. The van der Waals surface area contributed by atoms with Crippen molar-refractivity contribution in [3.05, 3.63) is 29.5 Å². The Morgan fingerprint density at radius 3 is 3.05 bits per heavy atom. The van der Waals surface area contributed by atoms with Gasteiger partial charge in [-0.25, -0.2) is 14.6 Å². The van der Waals surface area contributed by atoms with Crippen LogP contribution in [0.2, 0.25) is 0 Å². The summed E-state index contributed by atoms with van der Waals surface area (Å²) in [4.78, 5) is 38.2. The van der Waals surface area contributed by atoms with E-state index in [1.807, 2.05) is 0 Å². The number of aromatic nitrogens is 1. The number of aliphatic carboxylic acids is 1. The topological polar surface area (TPSA) is 99.6 Å². The van der Waals surface area contributed by atoms with Gasteiger partial charge >= 0.3 is 12.0 Å². The van der Waals surface area contributed by atoms with Gasteiger partial charge in [-0.15, -0.1) is 0 Å². The molecule has 1 aromatic rings. The lowest BCUT2D eigenvalue weighted by atomic mass is 10.1. The summed E-state index contributed by atoms with van der Waals surface area (Å²) in [5, 5.41) is 11.2. The van der Waals surface area contributed by atoms with Gasteiger partial charge < -0.3 is 14.8 Å². The molecule has 0 fully saturated rings. The molecule has 7 heteroatoms. The minimum Gasteiger partial charge on any atom is -0.478 e. The van der Waals surface area contributed by atoms with Crippen LogP contribution < -0.4 is 5.32 Å². The van der Waals surface area contributed by atoms with Crippen LogP contribution in [0.4, 0.5) is 10.6 Å². The lowest BCUT2D eigenvalue weighted by molar-refractivity contribution is -0.131. The summed E-state index contributed by atoms with van der Waals surface area (Å²) in [6.45, 7) is 0.681. The standard InChI is InChI=1S/C13H13N3O4/c17-5-1-4-16-8-10-6-9(2-3-11(18)19)7-14-12(10)15-13(16)20/h2-3,5-7H,1,4,8H2,(H,18,19)(H,14,15,20)/b3-2+. The molecule has 0 aliphatic carbocycles. The first-order chi connectivity index (χ1) is 9.60. The molecule has 20 heavy (non-hydrogen) atoms. The number of fused-ring (bicyclic) bond motifs is 1. The molecule has 1 aliphatic rings. The van der Waals surface area contributed by atoms with Crippen LogP contribution in [-0.4, -0.2) is 39.8 Å². The Kier molecular flexibility index (Phi) is 4.09. The fourth-order valence-electron chi connectivity index (χ4n) is 1.87. The number of carbonyl (C=O) groups is 3. The van der Waals surface area contributed by atoms with E-state index < -0.39 is 5.97 Å². The third kappa shape index (κ3) is 3.19. The Labute approximate surface area is 114 Å². The van der Waals surface area contributed by atoms with Crippen LogP contribution in [0, 0.1) is 0 Å². The van der Waals surface area contributed by atoms with Gasteiger partial charge in [0.1, 0.15) is 12.1 Å². The zero-order valence-corrected chi connectivity index (χ0v) is 10.6. The number of rotatable bonds is 5. The van der Waals surface area contributed by atoms with Gasteiger partial charge in [0.2, 0.25) is 0 Å². The molecule has 0 radical (unpaired) electrons. The average molecular weight is 275 g/mol. The minimum absolute atomic E-state index is 0.273. The molecule has 0 atom stereocenters. The lowest BCUT2D eigenvalue weighted by Gasteiger charge is -2.28. The van der Waals surface area contributed by atoms with Gasteiger partial charge in [0, 0.05) is 30.8 Å². The molecule has 0 bridgehead atoms. The number of anilines is 1. The van der Waals surface area contributed by atoms with Crippen molar-refractivity contribution in [1.82, 2.24) is 9.88 Å². The lowest BCUT2D eigenvalue weighted by Crippen LogP contribution is -2.39. The van der Waals surface area contributed by atoms with Gasteiger partial charge in [0.25, 0.3) is 0 Å². The van der Waals surface area contributed by atoms with E-state index in [0.29, 0.717) is 24.5 Å². The number of urea groups is 1. The van der Waals surface area contributed by atoms with Crippen LogP contribution in [0.5, 0.6) is 0 Å². The number of carbonyl (C=O) groups excluding carboxylic acids is 2. The van der Waals surface area contributed by atoms with Crippen LogP contribution in [0.1, 0.15) is 17.5 Å². The highest BCUT2D eigenvalue weighted by atomic mass is 16.4. The van der Waals surface area contributed by atoms with Crippen molar-refractivity contribution >= 4 is 30.2 Å². The highest BCUT2D eigenvalue weighted by molar-refractivity contribution is 5.91. The molecular weight excluding hydrogens is 262 g/mol. The molecular formula is C13H13N3O4. The van der Waals surface area contributed by atoms with Gasteiger partial charge in [0.05, 0.1) is 6.54 Å². The average Bonchev–Trinajstić information content (AvgIpc) is 2.42. The Hall–Kier alpha value is -2.70. The van der Waals surface area contributed by atoms with Gasteiger partial charge in [-0.1, -0.05) is 0 Å². The number of amides is 2. The molecule has 104 valence electrons. The highest BCUT2D eigenvalue weighted by Gasteiger charge is 2.22. The second-order valence-electron chi connectivity index (χ2n) is 4.26. The van der Waals surface area contributed by atoms with Crippen molar-refractivity contribution in [1.29, 1.82) is 0 Å². The smallest absolute Gasteiger partial charge is 0.328 e. The predicted octanol–water partition coefficient (Wildman–Crippen LogP) is 1.12. The summed E-state index contributed by atoms with van der Waals surface area (Å²) in [6, 6.07) is 1.47. The molecule has 0 aromatic carbocycles. The number of pyridine rings is 1. The van der Waals surface area contributed by atoms with E-state index in [9.17, 15) is 14.4 Å². The van der Waals surface area contributed by atoms with Gasteiger partial charge in [-0.3, -0.25) is 5.32 Å².